The zero-order valence-electron chi connectivity index (χ0n) is 11.2. The van der Waals surface area contributed by atoms with Gasteiger partial charge in [0.05, 0.1) is 19.3 Å². The van der Waals surface area contributed by atoms with Crippen LogP contribution < -0.4 is 5.32 Å². The van der Waals surface area contributed by atoms with Gasteiger partial charge >= 0.3 is 0 Å². The molecule has 0 radical (unpaired) electrons. The van der Waals surface area contributed by atoms with Crippen molar-refractivity contribution in [2.24, 2.45) is 11.8 Å². The molecule has 3 atom stereocenters. The van der Waals surface area contributed by atoms with Gasteiger partial charge in [-0.2, -0.15) is 0 Å². The first-order chi connectivity index (χ1) is 7.63. The third-order valence-electron chi connectivity index (χ3n) is 3.27. The van der Waals surface area contributed by atoms with E-state index in [-0.39, 0.29) is 0 Å². The summed E-state index contributed by atoms with van der Waals surface area (Å²) in [5, 5.41) is 3.35. The zero-order chi connectivity index (χ0) is 12.0. The lowest BCUT2D eigenvalue weighted by molar-refractivity contribution is 0.0267. The van der Waals surface area contributed by atoms with Gasteiger partial charge in [-0.1, -0.05) is 13.8 Å². The molecule has 0 aliphatic carbocycles. The topological polar surface area (TPSA) is 30.5 Å². The van der Waals surface area contributed by atoms with Crippen molar-refractivity contribution >= 4 is 0 Å². The van der Waals surface area contributed by atoms with Crippen molar-refractivity contribution in [1.29, 1.82) is 0 Å². The second kappa shape index (κ2) is 7.25. The van der Waals surface area contributed by atoms with Gasteiger partial charge in [-0.15, -0.1) is 0 Å². The summed E-state index contributed by atoms with van der Waals surface area (Å²) in [6.45, 7) is 9.23. The number of rotatable bonds is 7. The molecule has 3 nitrogen and oxygen atoms in total. The van der Waals surface area contributed by atoms with E-state index in [0.29, 0.717) is 24.0 Å². The fourth-order valence-corrected chi connectivity index (χ4v) is 2.33. The van der Waals surface area contributed by atoms with Crippen LogP contribution in [-0.2, 0) is 9.47 Å². The van der Waals surface area contributed by atoms with Crippen molar-refractivity contribution in [2.45, 2.75) is 45.8 Å². The second-order valence-electron chi connectivity index (χ2n) is 5.29. The van der Waals surface area contributed by atoms with Crippen LogP contribution in [0.1, 0.15) is 33.6 Å². The van der Waals surface area contributed by atoms with Gasteiger partial charge < -0.3 is 14.8 Å². The van der Waals surface area contributed by atoms with Crippen LogP contribution in [0.15, 0.2) is 0 Å². The molecule has 1 fully saturated rings. The first-order valence-corrected chi connectivity index (χ1v) is 6.50. The van der Waals surface area contributed by atoms with Gasteiger partial charge in [0, 0.05) is 18.6 Å². The molecule has 1 saturated heterocycles. The lowest BCUT2D eigenvalue weighted by atomic mass is 10.00. The fraction of sp³-hybridized carbons (Fsp3) is 1.00. The molecule has 3 unspecified atom stereocenters. The van der Waals surface area contributed by atoms with Crippen molar-refractivity contribution in [3.8, 4) is 0 Å². The molecule has 1 N–H and O–H groups in total. The van der Waals surface area contributed by atoms with E-state index in [0.717, 1.165) is 32.7 Å². The van der Waals surface area contributed by atoms with Gasteiger partial charge in [0.2, 0.25) is 0 Å². The van der Waals surface area contributed by atoms with E-state index in [9.17, 15) is 0 Å². The van der Waals surface area contributed by atoms with E-state index in [1.165, 1.54) is 0 Å². The van der Waals surface area contributed by atoms with Crippen LogP contribution in [0, 0.1) is 11.8 Å². The smallest absolute Gasteiger partial charge is 0.0626 e. The maximum Gasteiger partial charge on any atom is 0.0626 e. The Hall–Kier alpha value is -0.120. The van der Waals surface area contributed by atoms with Gasteiger partial charge in [0.1, 0.15) is 0 Å². The zero-order valence-corrected chi connectivity index (χ0v) is 11.2. The number of hydrogen-bond donors (Lipinski definition) is 1. The highest BCUT2D eigenvalue weighted by atomic mass is 16.5. The average molecular weight is 229 g/mol. The summed E-state index contributed by atoms with van der Waals surface area (Å²) < 4.78 is 11.3. The SMILES string of the molecule is CNC(COC(C)CC(C)C)C1CCOC1. The molecule has 16 heavy (non-hydrogen) atoms. The minimum absolute atomic E-state index is 0.359. The standard InChI is InChI=1S/C13H27NO2/c1-10(2)7-11(3)16-9-13(14-4)12-5-6-15-8-12/h10-14H,5-9H2,1-4H3. The Labute approximate surface area is 99.9 Å². The van der Waals surface area contributed by atoms with Gasteiger partial charge in [-0.25, -0.2) is 0 Å². The summed E-state index contributed by atoms with van der Waals surface area (Å²) in [5.74, 6) is 1.33. The Kier molecular flexibility index (Phi) is 6.32. The van der Waals surface area contributed by atoms with E-state index in [1.54, 1.807) is 0 Å². The quantitative estimate of drug-likeness (QED) is 0.725. The molecule has 0 aromatic carbocycles. The Morgan fingerprint density at radius 1 is 1.38 bits per heavy atom. The molecule has 0 amide bonds. The normalized spacial score (nSPS) is 24.9. The van der Waals surface area contributed by atoms with Crippen LogP contribution in [0.4, 0.5) is 0 Å². The Morgan fingerprint density at radius 2 is 2.12 bits per heavy atom. The molecule has 1 aliphatic rings. The maximum atomic E-state index is 5.90. The molecule has 0 spiro atoms. The summed E-state index contributed by atoms with van der Waals surface area (Å²) in [4.78, 5) is 0. The minimum Gasteiger partial charge on any atom is -0.381 e. The van der Waals surface area contributed by atoms with E-state index < -0.39 is 0 Å². The predicted octanol–water partition coefficient (Wildman–Crippen LogP) is 2.06. The molecule has 96 valence electrons. The van der Waals surface area contributed by atoms with E-state index in [4.69, 9.17) is 9.47 Å². The summed E-state index contributed by atoms with van der Waals surface area (Å²) in [5.41, 5.74) is 0. The Balaban J connectivity index is 2.22. The maximum absolute atomic E-state index is 5.90. The van der Waals surface area contributed by atoms with Crippen LogP contribution >= 0.6 is 0 Å². The molecule has 0 aromatic rings. The van der Waals surface area contributed by atoms with Gasteiger partial charge in [0.15, 0.2) is 0 Å². The molecule has 1 rings (SSSR count). The van der Waals surface area contributed by atoms with E-state index in [1.807, 2.05) is 7.05 Å². The fourth-order valence-electron chi connectivity index (χ4n) is 2.33. The molecule has 3 heteroatoms. The molecule has 0 aromatic heterocycles. The monoisotopic (exact) mass is 229 g/mol. The van der Waals surface area contributed by atoms with Crippen LogP contribution in [0.25, 0.3) is 0 Å². The first kappa shape index (κ1) is 13.9. The van der Waals surface area contributed by atoms with Crippen molar-refractivity contribution in [3.05, 3.63) is 0 Å². The van der Waals surface area contributed by atoms with E-state index >= 15 is 0 Å². The van der Waals surface area contributed by atoms with E-state index in [2.05, 4.69) is 26.1 Å². The number of hydrogen-bond acceptors (Lipinski definition) is 3. The summed E-state index contributed by atoms with van der Waals surface area (Å²) >= 11 is 0. The van der Waals surface area contributed by atoms with Crippen molar-refractivity contribution in [2.75, 3.05) is 26.9 Å². The summed E-state index contributed by atoms with van der Waals surface area (Å²) in [7, 11) is 2.01. The summed E-state index contributed by atoms with van der Waals surface area (Å²) in [6, 6.07) is 0.442. The first-order valence-electron chi connectivity index (χ1n) is 6.50. The highest BCUT2D eigenvalue weighted by molar-refractivity contribution is 4.78. The molecule has 1 heterocycles. The van der Waals surface area contributed by atoms with Crippen LogP contribution in [-0.4, -0.2) is 39.0 Å². The lowest BCUT2D eigenvalue weighted by Gasteiger charge is -2.24. The van der Waals surface area contributed by atoms with Crippen molar-refractivity contribution < 1.29 is 9.47 Å². The Bertz CT molecular complexity index is 179. The molecule has 0 bridgehead atoms. The number of likely N-dealkylation sites (N-methyl/N-ethyl adjacent to an activating group) is 1. The van der Waals surface area contributed by atoms with Crippen LogP contribution in [0.3, 0.4) is 0 Å². The summed E-state index contributed by atoms with van der Waals surface area (Å²) in [6.07, 6.45) is 2.66. The molecular weight excluding hydrogens is 202 g/mol. The number of ether oxygens (including phenoxy) is 2. The third kappa shape index (κ3) is 4.81. The van der Waals surface area contributed by atoms with Gasteiger partial charge in [-0.05, 0) is 32.7 Å². The van der Waals surface area contributed by atoms with Gasteiger partial charge in [-0.3, -0.25) is 0 Å². The highest BCUT2D eigenvalue weighted by Crippen LogP contribution is 2.18. The second-order valence-corrected chi connectivity index (χ2v) is 5.29. The molecule has 0 saturated carbocycles. The Morgan fingerprint density at radius 3 is 2.62 bits per heavy atom. The van der Waals surface area contributed by atoms with Crippen molar-refractivity contribution in [3.63, 3.8) is 0 Å². The highest BCUT2D eigenvalue weighted by Gasteiger charge is 2.25. The van der Waals surface area contributed by atoms with Crippen LogP contribution in [0.2, 0.25) is 0 Å². The van der Waals surface area contributed by atoms with Gasteiger partial charge in [0.25, 0.3) is 0 Å². The number of nitrogens with one attached hydrogen (secondary N) is 1. The van der Waals surface area contributed by atoms with Crippen molar-refractivity contribution in [1.82, 2.24) is 5.32 Å². The van der Waals surface area contributed by atoms with Crippen LogP contribution in [0.5, 0.6) is 0 Å². The lowest BCUT2D eigenvalue weighted by Crippen LogP contribution is -2.39. The molecular formula is C13H27NO2. The minimum atomic E-state index is 0.359. The largest absolute Gasteiger partial charge is 0.381 e. The predicted molar refractivity (Wildman–Crippen MR) is 66.6 cm³/mol. The average Bonchev–Trinajstić information content (AvgIpc) is 2.71. The third-order valence-corrected chi connectivity index (χ3v) is 3.27. The molecule has 1 aliphatic heterocycles.